The molecule has 372 valence electrons. The Kier molecular flexibility index (Phi) is 20.5. The van der Waals surface area contributed by atoms with Gasteiger partial charge in [-0.15, -0.1) is 0 Å². The first kappa shape index (κ1) is 60.8. The van der Waals surface area contributed by atoms with E-state index in [1.165, 1.54) is 32.1 Å². The molecule has 11 atom stereocenters. The van der Waals surface area contributed by atoms with E-state index in [0.29, 0.717) is 30.6 Å². The van der Waals surface area contributed by atoms with Gasteiger partial charge in [0.2, 0.25) is 0 Å². The van der Waals surface area contributed by atoms with Crippen molar-refractivity contribution in [1.82, 2.24) is 0 Å². The van der Waals surface area contributed by atoms with Crippen molar-refractivity contribution in [2.24, 2.45) is 63.6 Å². The zero-order chi connectivity index (χ0) is 42.1. The summed E-state index contributed by atoms with van der Waals surface area (Å²) < 4.78 is 22.7. The molecule has 9 rings (SSSR count). The number of carbonyl (C=O) groups excluding carboxylic acids is 4. The summed E-state index contributed by atoms with van der Waals surface area (Å²) in [4.78, 5) is 48.2. The maximum Gasteiger partial charge on any atom is 0.312 e. The van der Waals surface area contributed by atoms with Crippen LogP contribution in [0.5, 0.6) is 0 Å². The molecule has 1 N–H and O–H groups in total. The highest BCUT2D eigenvalue weighted by Crippen LogP contribution is 2.71. The van der Waals surface area contributed by atoms with Crippen LogP contribution in [0.3, 0.4) is 0 Å². The molecule has 8 aliphatic carbocycles. The molecular formula is C54H102O9. The van der Waals surface area contributed by atoms with Crippen molar-refractivity contribution in [2.45, 2.75) is 259 Å². The van der Waals surface area contributed by atoms with Crippen LogP contribution in [0.25, 0.3) is 0 Å². The van der Waals surface area contributed by atoms with Gasteiger partial charge in [-0.05, 0) is 187 Å². The zero-order valence-corrected chi connectivity index (χ0v) is 37.7. The van der Waals surface area contributed by atoms with E-state index in [2.05, 4.69) is 13.8 Å². The van der Waals surface area contributed by atoms with E-state index in [0.717, 1.165) is 81.0 Å². The van der Waals surface area contributed by atoms with Gasteiger partial charge < -0.3 is 24.1 Å². The van der Waals surface area contributed by atoms with Crippen LogP contribution in [-0.4, -0.2) is 57.5 Å². The van der Waals surface area contributed by atoms with E-state index >= 15 is 0 Å². The van der Waals surface area contributed by atoms with Gasteiger partial charge in [0.25, 0.3) is 0 Å². The second-order valence-electron chi connectivity index (χ2n) is 22.6. The molecule has 9 fully saturated rings. The Labute approximate surface area is 388 Å². The van der Waals surface area contributed by atoms with Crippen LogP contribution in [0.15, 0.2) is 0 Å². The third-order valence-electron chi connectivity index (χ3n) is 17.4. The number of aliphatic hydroxyl groups is 1. The molecule has 9 aliphatic rings. The first-order valence-electron chi connectivity index (χ1n) is 23.0. The minimum Gasteiger partial charge on any atom is -0.459 e. The Hall–Kier alpha value is -2.16. The monoisotopic (exact) mass is 895 g/mol. The Morgan fingerprint density at radius 1 is 0.651 bits per heavy atom. The minimum absolute atomic E-state index is 0. The topological polar surface area (TPSA) is 125 Å². The van der Waals surface area contributed by atoms with Crippen LogP contribution in [-0.2, 0) is 38.1 Å². The van der Waals surface area contributed by atoms with Crippen LogP contribution in [0.4, 0.5) is 0 Å². The number of cyclic esters (lactones) is 1. The third-order valence-corrected chi connectivity index (χ3v) is 17.4. The second kappa shape index (κ2) is 21.2. The SMILES string of the molecule is C.C.C.C.C.C.CCC(C)(C)C(=O)OC1(CC)CC2CC1C1C3CCC(C3)C21.CCC(C)(C)C(=O)OC12CC3CC(CC(O)(C3)C1)C2.CCC(C)(C)C(=O)O[C@@]1(C)CC(=O)OC1C. The van der Waals surface area contributed by atoms with Gasteiger partial charge in [-0.2, -0.15) is 0 Å². The molecule has 9 nitrogen and oxygen atoms in total. The minimum atomic E-state index is -0.819. The van der Waals surface area contributed by atoms with Crippen LogP contribution in [0.2, 0.25) is 0 Å². The van der Waals surface area contributed by atoms with Crippen molar-refractivity contribution >= 4 is 23.9 Å². The standard InChI is InChI=1S/C20H32O2.C16H26O3.C12H20O4.6CH4/c1-5-19(3,4)18(21)22-20(6-2)11-14-10-15(20)17-13-8-7-12(9-13)16(14)17;1-4-14(2,3)13(17)19-16-8-11-5-12(9-16)7-15(18,6-11)10-16;1-6-11(3,4)10(14)16-12(5)7-9(13)15-8(12)2;;;;;;/h12-17H,5-11H2,1-4H3;11-12,18H,4-10H2,1-3H3;8H,6-7H2,1-5H3;6*1H4/t;;8?,12-;;;;;;/m..0....../s1. The van der Waals surface area contributed by atoms with Crippen LogP contribution >= 0.6 is 0 Å². The van der Waals surface area contributed by atoms with Gasteiger partial charge >= 0.3 is 23.9 Å². The normalized spacial score (nSPS) is 38.0. The molecule has 0 aromatic heterocycles. The molecule has 1 aliphatic heterocycles. The lowest BCUT2D eigenvalue weighted by molar-refractivity contribution is -0.225. The van der Waals surface area contributed by atoms with Crippen LogP contribution < -0.4 is 0 Å². The van der Waals surface area contributed by atoms with Crippen LogP contribution in [0, 0.1) is 63.6 Å². The van der Waals surface area contributed by atoms with Crippen molar-refractivity contribution in [1.29, 1.82) is 0 Å². The quantitative estimate of drug-likeness (QED) is 0.130. The predicted molar refractivity (Wildman–Crippen MR) is 259 cm³/mol. The molecule has 0 aromatic carbocycles. The summed E-state index contributed by atoms with van der Waals surface area (Å²) in [5.74, 6) is 5.85. The molecule has 0 amide bonds. The van der Waals surface area contributed by atoms with Crippen LogP contribution in [0.1, 0.15) is 230 Å². The number of rotatable bonds is 10. The number of fused-ring (bicyclic) bond motifs is 9. The maximum atomic E-state index is 12.7. The molecule has 8 saturated carbocycles. The third kappa shape index (κ3) is 11.5. The highest BCUT2D eigenvalue weighted by Gasteiger charge is 2.68. The summed E-state index contributed by atoms with van der Waals surface area (Å²) in [6.45, 7) is 23.4. The van der Waals surface area contributed by atoms with Gasteiger partial charge in [-0.1, -0.05) is 72.3 Å². The Bertz CT molecular complexity index is 1530. The van der Waals surface area contributed by atoms with Crippen molar-refractivity contribution in [2.75, 3.05) is 0 Å². The molecule has 10 unspecified atom stereocenters. The van der Waals surface area contributed by atoms with E-state index in [-0.39, 0.29) is 97.6 Å². The number of hydrogen-bond acceptors (Lipinski definition) is 9. The zero-order valence-electron chi connectivity index (χ0n) is 37.7. The average molecular weight is 895 g/mol. The van der Waals surface area contributed by atoms with Crippen molar-refractivity contribution in [3.05, 3.63) is 0 Å². The highest BCUT2D eigenvalue weighted by molar-refractivity contribution is 5.79. The molecule has 8 bridgehead atoms. The fourth-order valence-corrected chi connectivity index (χ4v) is 12.9. The maximum absolute atomic E-state index is 12.7. The van der Waals surface area contributed by atoms with Gasteiger partial charge in [0, 0.05) is 12.3 Å². The summed E-state index contributed by atoms with van der Waals surface area (Å²) in [6.07, 6.45) is 15.7. The first-order chi connectivity index (χ1) is 26.4. The average Bonchev–Trinajstić information content (AvgIpc) is 3.94. The van der Waals surface area contributed by atoms with Gasteiger partial charge in [0.05, 0.1) is 28.3 Å². The molecule has 0 aromatic rings. The number of carbonyl (C=O) groups is 4. The Morgan fingerprint density at radius 2 is 1.11 bits per heavy atom. The van der Waals surface area contributed by atoms with E-state index in [4.69, 9.17) is 18.9 Å². The fourth-order valence-electron chi connectivity index (χ4n) is 12.9. The number of ether oxygens (including phenoxy) is 4. The largest absolute Gasteiger partial charge is 0.459 e. The molecule has 1 saturated heterocycles. The first-order valence-corrected chi connectivity index (χ1v) is 23.0. The molecule has 1 heterocycles. The Balaban J connectivity index is 0.000000885. The summed E-state index contributed by atoms with van der Waals surface area (Å²) in [7, 11) is 0. The van der Waals surface area contributed by atoms with Gasteiger partial charge in [0.1, 0.15) is 17.3 Å². The molecular weight excluding hydrogens is 793 g/mol. The number of hydrogen-bond donors (Lipinski definition) is 1. The van der Waals surface area contributed by atoms with E-state index in [9.17, 15) is 24.3 Å². The van der Waals surface area contributed by atoms with E-state index in [1.54, 1.807) is 13.8 Å². The lowest BCUT2D eigenvalue weighted by Crippen LogP contribution is -2.61. The lowest BCUT2D eigenvalue weighted by Gasteiger charge is -2.59. The van der Waals surface area contributed by atoms with Gasteiger partial charge in [-0.25, -0.2) is 0 Å². The summed E-state index contributed by atoms with van der Waals surface area (Å²) >= 11 is 0. The number of esters is 4. The molecule has 63 heavy (non-hydrogen) atoms. The van der Waals surface area contributed by atoms with Crippen molar-refractivity contribution in [3.63, 3.8) is 0 Å². The van der Waals surface area contributed by atoms with E-state index in [1.807, 2.05) is 55.4 Å². The highest BCUT2D eigenvalue weighted by atomic mass is 16.6. The fraction of sp³-hybridized carbons (Fsp3) is 0.926. The Morgan fingerprint density at radius 3 is 1.54 bits per heavy atom. The van der Waals surface area contributed by atoms with Crippen molar-refractivity contribution in [3.8, 4) is 0 Å². The molecule has 0 radical (unpaired) electrons. The van der Waals surface area contributed by atoms with E-state index < -0.39 is 22.0 Å². The molecule has 0 spiro atoms. The van der Waals surface area contributed by atoms with Crippen molar-refractivity contribution < 1.29 is 43.2 Å². The smallest absolute Gasteiger partial charge is 0.312 e. The van der Waals surface area contributed by atoms with Gasteiger partial charge in [0.15, 0.2) is 5.60 Å². The summed E-state index contributed by atoms with van der Waals surface area (Å²) in [5, 5.41) is 10.6. The lowest BCUT2D eigenvalue weighted by atomic mass is 9.52. The second-order valence-corrected chi connectivity index (χ2v) is 22.6. The summed E-state index contributed by atoms with van der Waals surface area (Å²) in [5.41, 5.74) is -3.12. The predicted octanol–water partition coefficient (Wildman–Crippen LogP) is 13.7. The summed E-state index contributed by atoms with van der Waals surface area (Å²) in [6, 6.07) is 0. The molecule has 9 heteroatoms. The van der Waals surface area contributed by atoms with Gasteiger partial charge in [-0.3, -0.25) is 19.2 Å².